The molecular formula is C6H5ClN4O2. The van der Waals surface area contributed by atoms with Crippen molar-refractivity contribution in [2.24, 2.45) is 0 Å². The maximum atomic E-state index is 10.2. The van der Waals surface area contributed by atoms with Crippen molar-refractivity contribution in [2.75, 3.05) is 5.73 Å². The Hall–Kier alpha value is -1.87. The summed E-state index contributed by atoms with van der Waals surface area (Å²) in [5, 5.41) is 22.4. The zero-order valence-corrected chi connectivity index (χ0v) is 7.10. The first-order valence-electron chi connectivity index (χ1n) is 3.00. The van der Waals surface area contributed by atoms with Gasteiger partial charge in [0, 0.05) is 22.9 Å². The number of nitrogens with two attached hydrogens (primary N) is 1. The summed E-state index contributed by atoms with van der Waals surface area (Å²) in [6.07, 6.45) is 0. The Kier molecular flexibility index (Phi) is 4.19. The minimum Gasteiger partial charge on any atom is -0.398 e. The van der Waals surface area contributed by atoms with E-state index < -0.39 is 4.92 Å². The number of anilines is 1. The van der Waals surface area contributed by atoms with Gasteiger partial charge in [0.05, 0.1) is 15.6 Å². The van der Waals surface area contributed by atoms with Crippen molar-refractivity contribution >= 4 is 23.0 Å². The summed E-state index contributed by atoms with van der Waals surface area (Å²) in [6.45, 7) is 0. The summed E-state index contributed by atoms with van der Waals surface area (Å²) in [5.74, 6) is 0. The van der Waals surface area contributed by atoms with Gasteiger partial charge in [0.25, 0.3) is 5.69 Å². The van der Waals surface area contributed by atoms with Crippen LogP contribution in [-0.2, 0) is 0 Å². The third-order valence-electron chi connectivity index (χ3n) is 1.19. The average molecular weight is 201 g/mol. The highest BCUT2D eigenvalue weighted by atomic mass is 35.5. The molecule has 0 radical (unpaired) electrons. The quantitative estimate of drug-likeness (QED) is 0.321. The molecule has 0 saturated carbocycles. The van der Waals surface area contributed by atoms with Crippen LogP contribution in [0.2, 0.25) is 5.02 Å². The number of nitrogen functional groups attached to an aromatic ring is 1. The third-order valence-corrected chi connectivity index (χ3v) is 1.52. The fourth-order valence-electron chi connectivity index (χ4n) is 0.630. The Labute approximate surface area is 78.5 Å². The minimum atomic E-state index is -0.522. The van der Waals surface area contributed by atoms with Crippen molar-refractivity contribution < 1.29 is 4.92 Å². The van der Waals surface area contributed by atoms with E-state index in [0.29, 0.717) is 5.69 Å². The molecule has 0 spiro atoms. The lowest BCUT2D eigenvalue weighted by Crippen LogP contribution is -1.90. The molecule has 0 heterocycles. The molecule has 1 aromatic rings. The smallest absolute Gasteiger partial charge is 0.271 e. The molecule has 0 aliphatic rings. The van der Waals surface area contributed by atoms with Crippen molar-refractivity contribution in [3.63, 3.8) is 0 Å². The van der Waals surface area contributed by atoms with Gasteiger partial charge in [-0.2, -0.15) is 0 Å². The molecule has 2 N–H and O–H groups in total. The number of nitro groups is 1. The highest BCUT2D eigenvalue weighted by molar-refractivity contribution is 6.33. The van der Waals surface area contributed by atoms with Crippen molar-refractivity contribution in [3.8, 4) is 0 Å². The second kappa shape index (κ2) is 4.90. The second-order valence-corrected chi connectivity index (χ2v) is 2.37. The molecule has 0 unspecified atom stereocenters. The largest absolute Gasteiger partial charge is 0.398 e. The van der Waals surface area contributed by atoms with E-state index in [4.69, 9.17) is 28.1 Å². The van der Waals surface area contributed by atoms with Crippen LogP contribution >= 0.6 is 11.6 Å². The van der Waals surface area contributed by atoms with Crippen LogP contribution < -0.4 is 5.73 Å². The molecular weight excluding hydrogens is 196 g/mol. The standard InChI is InChI=1S/C6H5ClN2O2.N2/c7-5-3-4(9(10)11)1-2-6(5)8;1-2/h1-3H,8H2;. The molecule has 0 fully saturated rings. The summed E-state index contributed by atoms with van der Waals surface area (Å²) in [6, 6.07) is 3.93. The molecule has 13 heavy (non-hydrogen) atoms. The number of non-ortho nitro benzene ring substituents is 1. The first kappa shape index (κ1) is 11.1. The fourth-order valence-corrected chi connectivity index (χ4v) is 0.804. The monoisotopic (exact) mass is 200 g/mol. The fraction of sp³-hybridized carbons (Fsp3) is 0. The van der Waals surface area contributed by atoms with Crippen LogP contribution in [0.25, 0.3) is 0 Å². The number of benzene rings is 1. The Morgan fingerprint density at radius 1 is 1.46 bits per heavy atom. The van der Waals surface area contributed by atoms with Crippen LogP contribution in [0.15, 0.2) is 18.2 Å². The Bertz CT molecular complexity index is 339. The molecule has 0 amide bonds. The first-order valence-corrected chi connectivity index (χ1v) is 3.38. The second-order valence-electron chi connectivity index (χ2n) is 1.96. The zero-order valence-electron chi connectivity index (χ0n) is 6.35. The van der Waals surface area contributed by atoms with E-state index >= 15 is 0 Å². The summed E-state index contributed by atoms with van der Waals surface area (Å²) < 4.78 is 0. The average Bonchev–Trinajstić information content (AvgIpc) is 2.13. The highest BCUT2D eigenvalue weighted by Gasteiger charge is 2.06. The van der Waals surface area contributed by atoms with Crippen molar-refractivity contribution in [3.05, 3.63) is 33.3 Å². The maximum absolute atomic E-state index is 10.2. The maximum Gasteiger partial charge on any atom is 0.271 e. The normalized spacial score (nSPS) is 8.23. The van der Waals surface area contributed by atoms with E-state index in [1.807, 2.05) is 0 Å². The Morgan fingerprint density at radius 3 is 2.38 bits per heavy atom. The predicted octanol–water partition coefficient (Wildman–Crippen LogP) is 1.86. The van der Waals surface area contributed by atoms with Gasteiger partial charge in [-0.15, -0.1) is 0 Å². The molecule has 6 nitrogen and oxygen atoms in total. The van der Waals surface area contributed by atoms with Gasteiger partial charge in [-0.05, 0) is 6.07 Å². The molecule has 0 atom stereocenters. The van der Waals surface area contributed by atoms with Gasteiger partial charge in [-0.25, -0.2) is 0 Å². The first-order chi connectivity index (χ1) is 6.11. The van der Waals surface area contributed by atoms with Crippen molar-refractivity contribution in [1.82, 2.24) is 0 Å². The molecule has 0 bridgehead atoms. The number of nitrogens with zero attached hydrogens (tertiary/aromatic N) is 3. The Morgan fingerprint density at radius 2 is 2.00 bits per heavy atom. The van der Waals surface area contributed by atoms with Crippen LogP contribution in [0, 0.1) is 20.9 Å². The van der Waals surface area contributed by atoms with E-state index in [0.717, 1.165) is 0 Å². The third kappa shape index (κ3) is 2.92. The van der Waals surface area contributed by atoms with Crippen LogP contribution in [0.3, 0.4) is 0 Å². The Balaban J connectivity index is 0.000000671. The molecule has 1 rings (SSSR count). The summed E-state index contributed by atoms with van der Waals surface area (Å²) in [4.78, 5) is 9.65. The van der Waals surface area contributed by atoms with Crippen molar-refractivity contribution in [2.45, 2.75) is 0 Å². The minimum absolute atomic E-state index is 0.0517. The molecule has 68 valence electrons. The van der Waals surface area contributed by atoms with Gasteiger partial charge in [0.1, 0.15) is 0 Å². The van der Waals surface area contributed by atoms with Crippen LogP contribution in [-0.4, -0.2) is 4.92 Å². The van der Waals surface area contributed by atoms with Crippen LogP contribution in [0.1, 0.15) is 0 Å². The van der Waals surface area contributed by atoms with Crippen LogP contribution in [0.5, 0.6) is 0 Å². The summed E-state index contributed by atoms with van der Waals surface area (Å²) in [5.41, 5.74) is 5.63. The molecule has 0 saturated heterocycles. The van der Waals surface area contributed by atoms with Gasteiger partial charge in [-0.1, -0.05) is 11.6 Å². The number of nitro benzene ring substituents is 1. The van der Waals surface area contributed by atoms with Gasteiger partial charge in [0.2, 0.25) is 0 Å². The summed E-state index contributed by atoms with van der Waals surface area (Å²) in [7, 11) is 0. The number of halogens is 1. The highest BCUT2D eigenvalue weighted by Crippen LogP contribution is 2.23. The van der Waals surface area contributed by atoms with Crippen LogP contribution in [0.4, 0.5) is 11.4 Å². The van der Waals surface area contributed by atoms with E-state index in [1.165, 1.54) is 18.2 Å². The molecule has 0 aliphatic carbocycles. The molecule has 0 aromatic heterocycles. The lowest BCUT2D eigenvalue weighted by atomic mass is 10.3. The number of rotatable bonds is 1. The molecule has 0 aliphatic heterocycles. The predicted molar refractivity (Wildman–Crippen MR) is 46.0 cm³/mol. The topological polar surface area (TPSA) is 117 Å². The lowest BCUT2D eigenvalue weighted by Gasteiger charge is -1.95. The van der Waals surface area contributed by atoms with E-state index in [2.05, 4.69) is 0 Å². The summed E-state index contributed by atoms with van der Waals surface area (Å²) >= 11 is 5.53. The van der Waals surface area contributed by atoms with E-state index in [-0.39, 0.29) is 10.7 Å². The number of hydrogen-bond donors (Lipinski definition) is 1. The van der Waals surface area contributed by atoms with Crippen molar-refractivity contribution in [1.29, 1.82) is 10.8 Å². The molecule has 7 heteroatoms. The SMILES string of the molecule is N#N.Nc1ccc([N+](=O)[O-])cc1Cl. The van der Waals surface area contributed by atoms with Gasteiger partial charge >= 0.3 is 0 Å². The lowest BCUT2D eigenvalue weighted by molar-refractivity contribution is -0.384. The van der Waals surface area contributed by atoms with Gasteiger partial charge in [-0.3, -0.25) is 10.1 Å². The van der Waals surface area contributed by atoms with Gasteiger partial charge < -0.3 is 5.73 Å². The van der Waals surface area contributed by atoms with E-state index in [9.17, 15) is 10.1 Å². The zero-order chi connectivity index (χ0) is 10.4. The number of hydrogen-bond acceptors (Lipinski definition) is 5. The van der Waals surface area contributed by atoms with E-state index in [1.54, 1.807) is 0 Å². The molecule has 1 aromatic carbocycles. The van der Waals surface area contributed by atoms with Gasteiger partial charge in [0.15, 0.2) is 0 Å².